The number of esters is 1. The van der Waals surface area contributed by atoms with Gasteiger partial charge in [0.2, 0.25) is 0 Å². The third-order valence-corrected chi connectivity index (χ3v) is 5.34. The van der Waals surface area contributed by atoms with Gasteiger partial charge in [-0.2, -0.15) is 0 Å². The second-order valence-electron chi connectivity index (χ2n) is 5.46. The summed E-state index contributed by atoms with van der Waals surface area (Å²) in [7, 11) is -3.01. The molecule has 22 heavy (non-hydrogen) atoms. The Bertz CT molecular complexity index is 641. The van der Waals surface area contributed by atoms with Crippen molar-refractivity contribution < 1.29 is 22.7 Å². The van der Waals surface area contributed by atoms with Crippen LogP contribution in [0.4, 0.5) is 5.69 Å². The van der Waals surface area contributed by atoms with Crippen LogP contribution in [-0.4, -0.2) is 37.9 Å². The maximum atomic E-state index is 11.9. The fraction of sp³-hybridized carbons (Fsp3) is 0.467. The van der Waals surface area contributed by atoms with Crippen LogP contribution in [0.3, 0.4) is 0 Å². The van der Waals surface area contributed by atoms with Crippen molar-refractivity contribution in [2.75, 3.05) is 16.8 Å². The summed E-state index contributed by atoms with van der Waals surface area (Å²) in [5.74, 6) is -1.03. The number of rotatable bonds is 5. The molecule has 7 heteroatoms. The van der Waals surface area contributed by atoms with E-state index in [0.717, 1.165) is 0 Å². The first-order valence-corrected chi connectivity index (χ1v) is 8.94. The normalized spacial score (nSPS) is 21.0. The minimum absolute atomic E-state index is 0.0205. The third kappa shape index (κ3) is 4.84. The predicted molar refractivity (Wildman–Crippen MR) is 82.0 cm³/mol. The van der Waals surface area contributed by atoms with E-state index in [4.69, 9.17) is 4.74 Å². The molecule has 1 aliphatic rings. The van der Waals surface area contributed by atoms with Gasteiger partial charge in [0, 0.05) is 12.1 Å². The Hall–Kier alpha value is -1.89. The fourth-order valence-corrected chi connectivity index (χ4v) is 4.19. The fourth-order valence-electron chi connectivity index (χ4n) is 2.33. The molecule has 0 radical (unpaired) electrons. The molecule has 0 aliphatic carbocycles. The van der Waals surface area contributed by atoms with Crippen LogP contribution < -0.4 is 5.32 Å². The highest BCUT2D eigenvalue weighted by Gasteiger charge is 2.30. The number of sulfone groups is 1. The number of amides is 1. The molecular formula is C15H19NO5S. The third-order valence-electron chi connectivity index (χ3n) is 3.50. The number of anilines is 1. The number of para-hydroxylation sites is 1. The second kappa shape index (κ2) is 6.91. The lowest BCUT2D eigenvalue weighted by molar-refractivity contribution is -0.153. The molecule has 0 unspecified atom stereocenters. The Morgan fingerprint density at radius 3 is 2.59 bits per heavy atom. The van der Waals surface area contributed by atoms with Crippen LogP contribution >= 0.6 is 0 Å². The van der Waals surface area contributed by atoms with E-state index in [1.807, 2.05) is 6.07 Å². The summed E-state index contributed by atoms with van der Waals surface area (Å²) in [4.78, 5) is 23.7. The van der Waals surface area contributed by atoms with E-state index < -0.39 is 27.8 Å². The molecule has 1 aliphatic heterocycles. The van der Waals surface area contributed by atoms with Gasteiger partial charge < -0.3 is 10.1 Å². The number of benzene rings is 1. The molecule has 1 N–H and O–H groups in total. The Labute approximate surface area is 129 Å². The van der Waals surface area contributed by atoms with Crippen LogP contribution in [0.15, 0.2) is 30.3 Å². The zero-order chi connectivity index (χ0) is 16.2. The zero-order valence-electron chi connectivity index (χ0n) is 12.3. The van der Waals surface area contributed by atoms with Gasteiger partial charge >= 0.3 is 5.97 Å². The number of ether oxygens (including phenoxy) is 1. The Morgan fingerprint density at radius 1 is 1.32 bits per heavy atom. The van der Waals surface area contributed by atoms with Gasteiger partial charge in [-0.25, -0.2) is 8.42 Å². The summed E-state index contributed by atoms with van der Waals surface area (Å²) in [5, 5.41) is 2.64. The van der Waals surface area contributed by atoms with Crippen LogP contribution in [-0.2, 0) is 24.2 Å². The average molecular weight is 325 g/mol. The van der Waals surface area contributed by atoms with E-state index in [9.17, 15) is 18.0 Å². The molecule has 0 spiro atoms. The van der Waals surface area contributed by atoms with Gasteiger partial charge in [-0.05, 0) is 31.4 Å². The quantitative estimate of drug-likeness (QED) is 0.826. The number of nitrogens with one attached hydrogen (secondary N) is 1. The van der Waals surface area contributed by atoms with Gasteiger partial charge in [-0.1, -0.05) is 18.2 Å². The Kier molecular flexibility index (Phi) is 5.18. The molecule has 0 aromatic heterocycles. The molecule has 6 nitrogen and oxygen atoms in total. The molecule has 1 amide bonds. The van der Waals surface area contributed by atoms with Gasteiger partial charge in [0.15, 0.2) is 15.9 Å². The van der Waals surface area contributed by atoms with Gasteiger partial charge in [-0.3, -0.25) is 9.59 Å². The second-order valence-corrected chi connectivity index (χ2v) is 7.69. The van der Waals surface area contributed by atoms with E-state index in [0.29, 0.717) is 12.1 Å². The zero-order valence-corrected chi connectivity index (χ0v) is 13.1. The number of carbonyl (C=O) groups is 2. The topological polar surface area (TPSA) is 89.5 Å². The minimum Gasteiger partial charge on any atom is -0.453 e. The smallest absolute Gasteiger partial charge is 0.306 e. The van der Waals surface area contributed by atoms with Gasteiger partial charge in [0.05, 0.1) is 11.5 Å². The summed E-state index contributed by atoms with van der Waals surface area (Å²) in [6, 6.07) is 8.86. The lowest BCUT2D eigenvalue weighted by Crippen LogP contribution is -2.30. The summed E-state index contributed by atoms with van der Waals surface area (Å²) in [5.41, 5.74) is 0.622. The molecule has 1 aromatic carbocycles. The summed E-state index contributed by atoms with van der Waals surface area (Å²) >= 11 is 0. The van der Waals surface area contributed by atoms with Crippen LogP contribution in [0.2, 0.25) is 0 Å². The van der Waals surface area contributed by atoms with E-state index in [-0.39, 0.29) is 23.8 Å². The van der Waals surface area contributed by atoms with Crippen molar-refractivity contribution in [2.45, 2.75) is 25.9 Å². The van der Waals surface area contributed by atoms with Gasteiger partial charge in [0.1, 0.15) is 0 Å². The highest BCUT2D eigenvalue weighted by molar-refractivity contribution is 7.91. The van der Waals surface area contributed by atoms with Crippen LogP contribution in [0.25, 0.3) is 0 Å². The standard InChI is InChI=1S/C15H19NO5S/c1-11(15(18)16-13-5-3-2-4-6-13)21-14(17)9-12-7-8-22(19,20)10-12/h2-6,11-12H,7-10H2,1H3,(H,16,18)/t11-,12-/m0/s1. The molecule has 1 saturated heterocycles. The molecule has 1 aromatic rings. The molecule has 1 heterocycles. The number of carbonyl (C=O) groups excluding carboxylic acids is 2. The van der Waals surface area contributed by atoms with Crippen molar-refractivity contribution >= 4 is 27.4 Å². The largest absolute Gasteiger partial charge is 0.453 e. The molecule has 120 valence electrons. The molecule has 2 rings (SSSR count). The summed E-state index contributed by atoms with van der Waals surface area (Å²) in [6.07, 6.45) is -0.421. The number of hydrogen-bond acceptors (Lipinski definition) is 5. The monoisotopic (exact) mass is 325 g/mol. The molecular weight excluding hydrogens is 306 g/mol. The maximum absolute atomic E-state index is 11.9. The number of hydrogen-bond donors (Lipinski definition) is 1. The lowest BCUT2D eigenvalue weighted by atomic mass is 10.1. The Balaban J connectivity index is 1.80. The molecule has 1 fully saturated rings. The van der Waals surface area contributed by atoms with Crippen molar-refractivity contribution in [3.8, 4) is 0 Å². The molecule has 2 atom stereocenters. The Morgan fingerprint density at radius 2 is 2.00 bits per heavy atom. The highest BCUT2D eigenvalue weighted by Crippen LogP contribution is 2.22. The van der Waals surface area contributed by atoms with Gasteiger partial charge in [-0.15, -0.1) is 0 Å². The molecule has 0 saturated carbocycles. The van der Waals surface area contributed by atoms with Crippen molar-refractivity contribution in [3.63, 3.8) is 0 Å². The molecule has 0 bridgehead atoms. The van der Waals surface area contributed by atoms with Crippen LogP contribution in [0.1, 0.15) is 19.8 Å². The van der Waals surface area contributed by atoms with E-state index in [1.165, 1.54) is 6.92 Å². The van der Waals surface area contributed by atoms with E-state index in [2.05, 4.69) is 5.32 Å². The maximum Gasteiger partial charge on any atom is 0.306 e. The summed E-state index contributed by atoms with van der Waals surface area (Å²) < 4.78 is 27.7. The first kappa shape index (κ1) is 16.5. The van der Waals surface area contributed by atoms with E-state index in [1.54, 1.807) is 24.3 Å². The minimum atomic E-state index is -3.01. The highest BCUT2D eigenvalue weighted by atomic mass is 32.2. The summed E-state index contributed by atoms with van der Waals surface area (Å²) in [6.45, 7) is 1.49. The SMILES string of the molecule is C[C@H](OC(=O)C[C@@H]1CCS(=O)(=O)C1)C(=O)Nc1ccccc1. The average Bonchev–Trinajstić information content (AvgIpc) is 2.78. The first-order chi connectivity index (χ1) is 10.4. The van der Waals surface area contributed by atoms with Crippen LogP contribution in [0.5, 0.6) is 0 Å². The van der Waals surface area contributed by atoms with E-state index >= 15 is 0 Å². The van der Waals surface area contributed by atoms with Crippen LogP contribution in [0, 0.1) is 5.92 Å². The predicted octanol–water partition coefficient (Wildman–Crippen LogP) is 1.38. The lowest BCUT2D eigenvalue weighted by Gasteiger charge is -2.14. The van der Waals surface area contributed by atoms with Crippen molar-refractivity contribution in [1.29, 1.82) is 0 Å². The van der Waals surface area contributed by atoms with Crippen molar-refractivity contribution in [2.24, 2.45) is 5.92 Å². The van der Waals surface area contributed by atoms with Crippen molar-refractivity contribution in [1.82, 2.24) is 0 Å². The first-order valence-electron chi connectivity index (χ1n) is 7.11. The van der Waals surface area contributed by atoms with Gasteiger partial charge in [0.25, 0.3) is 5.91 Å². The van der Waals surface area contributed by atoms with Crippen molar-refractivity contribution in [3.05, 3.63) is 30.3 Å².